The summed E-state index contributed by atoms with van der Waals surface area (Å²) in [6.07, 6.45) is 1.93. The van der Waals surface area contributed by atoms with Gasteiger partial charge in [-0.15, -0.1) is 0 Å². The van der Waals surface area contributed by atoms with E-state index in [1.54, 1.807) is 6.21 Å². The van der Waals surface area contributed by atoms with Gasteiger partial charge in [-0.1, -0.05) is 30.3 Å². The van der Waals surface area contributed by atoms with E-state index in [2.05, 4.69) is 5.10 Å². The standard InChI is InChI=1S/C19H17F2N3O2/c20-15-8-13(9-16(21)10-15)17-6-7-22-24(17)18(25)23-11-19(26,12-23)14-4-2-1-3-5-14/h1-5,7-10,17,26H,6,11-12H2. The number of aliphatic hydroxyl groups is 1. The lowest BCUT2D eigenvalue weighted by Gasteiger charge is -2.47. The zero-order valence-corrected chi connectivity index (χ0v) is 13.8. The minimum absolute atomic E-state index is 0.145. The molecule has 26 heavy (non-hydrogen) atoms. The van der Waals surface area contributed by atoms with Crippen LogP contribution in [0.5, 0.6) is 0 Å². The van der Waals surface area contributed by atoms with Crippen LogP contribution in [-0.4, -0.2) is 40.4 Å². The third-order valence-electron chi connectivity index (χ3n) is 4.78. The third kappa shape index (κ3) is 2.84. The highest BCUT2D eigenvalue weighted by Crippen LogP contribution is 2.36. The van der Waals surface area contributed by atoms with E-state index in [1.807, 2.05) is 30.3 Å². The molecule has 0 aliphatic carbocycles. The average molecular weight is 357 g/mol. The first-order valence-corrected chi connectivity index (χ1v) is 8.31. The van der Waals surface area contributed by atoms with Crippen LogP contribution < -0.4 is 0 Å². The van der Waals surface area contributed by atoms with Crippen LogP contribution in [0.4, 0.5) is 13.6 Å². The Morgan fingerprint density at radius 1 is 1.12 bits per heavy atom. The first-order valence-electron chi connectivity index (χ1n) is 8.31. The number of β-amino-alcohol motifs (C(OH)–C–C–N with tert-alkyl or cyclic N) is 1. The predicted octanol–water partition coefficient (Wildman–Crippen LogP) is 3.02. The van der Waals surface area contributed by atoms with Crippen molar-refractivity contribution in [2.24, 2.45) is 5.10 Å². The molecule has 1 fully saturated rings. The monoisotopic (exact) mass is 357 g/mol. The number of halogens is 2. The van der Waals surface area contributed by atoms with Gasteiger partial charge in [0.25, 0.3) is 0 Å². The zero-order valence-electron chi connectivity index (χ0n) is 13.8. The maximum Gasteiger partial charge on any atom is 0.341 e. The Hall–Kier alpha value is -2.80. The molecular formula is C19H17F2N3O2. The van der Waals surface area contributed by atoms with E-state index in [1.165, 1.54) is 22.0 Å². The molecule has 4 rings (SSSR count). The van der Waals surface area contributed by atoms with Gasteiger partial charge in [-0.3, -0.25) is 0 Å². The number of hydrogen-bond acceptors (Lipinski definition) is 3. The van der Waals surface area contributed by atoms with E-state index in [0.29, 0.717) is 12.0 Å². The first kappa shape index (κ1) is 16.7. The smallest absolute Gasteiger partial charge is 0.341 e. The van der Waals surface area contributed by atoms with E-state index in [0.717, 1.165) is 11.6 Å². The molecule has 1 saturated heterocycles. The van der Waals surface area contributed by atoms with E-state index in [9.17, 15) is 18.7 Å². The van der Waals surface area contributed by atoms with Gasteiger partial charge in [0, 0.05) is 18.7 Å². The molecule has 0 radical (unpaired) electrons. The molecule has 0 saturated carbocycles. The minimum Gasteiger partial charge on any atom is -0.381 e. The van der Waals surface area contributed by atoms with Gasteiger partial charge in [0.05, 0.1) is 19.1 Å². The van der Waals surface area contributed by atoms with Crippen molar-refractivity contribution in [2.75, 3.05) is 13.1 Å². The van der Waals surface area contributed by atoms with Crippen LogP contribution in [0, 0.1) is 11.6 Å². The van der Waals surface area contributed by atoms with Crippen LogP contribution in [0.2, 0.25) is 0 Å². The Labute approximate surface area is 149 Å². The summed E-state index contributed by atoms with van der Waals surface area (Å²) in [5.41, 5.74) is 0.0193. The number of urea groups is 1. The fourth-order valence-corrected chi connectivity index (χ4v) is 3.44. The van der Waals surface area contributed by atoms with Crippen LogP contribution in [-0.2, 0) is 5.60 Å². The SMILES string of the molecule is O=C(N1CC(O)(c2ccccc2)C1)N1N=CCC1c1cc(F)cc(F)c1. The van der Waals surface area contributed by atoms with Crippen LogP contribution in [0.3, 0.4) is 0 Å². The molecule has 2 aliphatic heterocycles. The number of rotatable bonds is 2. The highest BCUT2D eigenvalue weighted by molar-refractivity contribution is 5.79. The molecule has 134 valence electrons. The number of hydrazone groups is 1. The van der Waals surface area contributed by atoms with Crippen molar-refractivity contribution in [3.05, 3.63) is 71.3 Å². The van der Waals surface area contributed by atoms with Gasteiger partial charge in [0.2, 0.25) is 0 Å². The van der Waals surface area contributed by atoms with Gasteiger partial charge >= 0.3 is 6.03 Å². The van der Waals surface area contributed by atoms with Crippen LogP contribution in [0.25, 0.3) is 0 Å². The Morgan fingerprint density at radius 3 is 2.42 bits per heavy atom. The van der Waals surface area contributed by atoms with E-state index < -0.39 is 29.3 Å². The lowest BCUT2D eigenvalue weighted by Crippen LogP contribution is -2.63. The molecule has 0 spiro atoms. The summed E-state index contributed by atoms with van der Waals surface area (Å²) in [4.78, 5) is 14.2. The number of benzene rings is 2. The molecule has 2 heterocycles. The molecule has 2 aromatic carbocycles. The Kier molecular flexibility index (Phi) is 3.96. The second-order valence-corrected chi connectivity index (χ2v) is 6.63. The zero-order chi connectivity index (χ0) is 18.3. The number of carbonyl (C=O) groups is 1. The van der Waals surface area contributed by atoms with Crippen LogP contribution in [0.15, 0.2) is 53.6 Å². The maximum atomic E-state index is 13.5. The van der Waals surface area contributed by atoms with Gasteiger partial charge in [-0.2, -0.15) is 5.10 Å². The molecule has 1 unspecified atom stereocenters. The summed E-state index contributed by atoms with van der Waals surface area (Å²) >= 11 is 0. The van der Waals surface area contributed by atoms with Crippen molar-refractivity contribution in [1.82, 2.24) is 9.91 Å². The molecule has 5 nitrogen and oxygen atoms in total. The molecule has 2 aliphatic rings. The Morgan fingerprint density at radius 2 is 1.77 bits per heavy atom. The summed E-state index contributed by atoms with van der Waals surface area (Å²) in [5.74, 6) is -1.39. The molecule has 2 aromatic rings. The van der Waals surface area contributed by atoms with Crippen molar-refractivity contribution >= 4 is 12.2 Å². The summed E-state index contributed by atoms with van der Waals surface area (Å²) in [5, 5.41) is 15.9. The highest BCUT2D eigenvalue weighted by atomic mass is 19.1. The molecule has 0 aromatic heterocycles. The molecule has 2 amide bonds. The van der Waals surface area contributed by atoms with Gasteiger partial charge in [0.15, 0.2) is 0 Å². The number of hydrogen-bond donors (Lipinski definition) is 1. The lowest BCUT2D eigenvalue weighted by molar-refractivity contribution is -0.0877. The summed E-state index contributed by atoms with van der Waals surface area (Å²) in [7, 11) is 0. The van der Waals surface area contributed by atoms with E-state index in [-0.39, 0.29) is 13.1 Å². The van der Waals surface area contributed by atoms with E-state index >= 15 is 0 Å². The minimum atomic E-state index is -1.08. The van der Waals surface area contributed by atoms with Crippen molar-refractivity contribution in [1.29, 1.82) is 0 Å². The topological polar surface area (TPSA) is 56.1 Å². The number of likely N-dealkylation sites (tertiary alicyclic amines) is 1. The Balaban J connectivity index is 1.49. The van der Waals surface area contributed by atoms with Crippen molar-refractivity contribution in [3.63, 3.8) is 0 Å². The van der Waals surface area contributed by atoms with Crippen molar-refractivity contribution < 1.29 is 18.7 Å². The average Bonchev–Trinajstić information content (AvgIpc) is 3.08. The second-order valence-electron chi connectivity index (χ2n) is 6.63. The van der Waals surface area contributed by atoms with E-state index in [4.69, 9.17) is 0 Å². The lowest BCUT2D eigenvalue weighted by atomic mass is 9.86. The maximum absolute atomic E-state index is 13.5. The number of amides is 2. The quantitative estimate of drug-likeness (QED) is 0.898. The first-order chi connectivity index (χ1) is 12.5. The van der Waals surface area contributed by atoms with Gasteiger partial charge in [0.1, 0.15) is 17.2 Å². The van der Waals surface area contributed by atoms with Gasteiger partial charge in [-0.25, -0.2) is 18.6 Å². The highest BCUT2D eigenvalue weighted by Gasteiger charge is 2.47. The number of carbonyl (C=O) groups excluding carboxylic acids is 1. The van der Waals surface area contributed by atoms with Crippen molar-refractivity contribution in [2.45, 2.75) is 18.1 Å². The normalized spacial score (nSPS) is 21.0. The fourth-order valence-electron chi connectivity index (χ4n) is 3.44. The molecule has 0 bridgehead atoms. The summed E-state index contributed by atoms with van der Waals surface area (Å²) < 4.78 is 27.0. The molecule has 1 atom stereocenters. The molecule has 1 N–H and O–H groups in total. The summed E-state index contributed by atoms with van der Waals surface area (Å²) in [6.45, 7) is 0.290. The predicted molar refractivity (Wildman–Crippen MR) is 91.4 cm³/mol. The fraction of sp³-hybridized carbons (Fsp3) is 0.263. The molecular weight excluding hydrogens is 340 g/mol. The van der Waals surface area contributed by atoms with Crippen molar-refractivity contribution in [3.8, 4) is 0 Å². The van der Waals surface area contributed by atoms with Crippen LogP contribution >= 0.6 is 0 Å². The van der Waals surface area contributed by atoms with Crippen LogP contribution in [0.1, 0.15) is 23.6 Å². The van der Waals surface area contributed by atoms with Gasteiger partial charge < -0.3 is 10.0 Å². The Bertz CT molecular complexity index is 846. The summed E-state index contributed by atoms with van der Waals surface area (Å²) in [6, 6.07) is 11.4. The third-order valence-corrected chi connectivity index (χ3v) is 4.78. The second kappa shape index (κ2) is 6.17. The number of nitrogens with zero attached hydrogens (tertiary/aromatic N) is 3. The molecule has 7 heteroatoms. The van der Waals surface area contributed by atoms with Gasteiger partial charge in [-0.05, 0) is 23.3 Å². The largest absolute Gasteiger partial charge is 0.381 e.